The minimum atomic E-state index is -0.691. The smallest absolute Gasteiger partial charge is 0.342 e. The quantitative estimate of drug-likeness (QED) is 0.626. The van der Waals surface area contributed by atoms with E-state index < -0.39 is 11.2 Å². The van der Waals surface area contributed by atoms with Gasteiger partial charge in [-0.25, -0.2) is 4.79 Å². The Morgan fingerprint density at radius 3 is 2.60 bits per heavy atom. The van der Waals surface area contributed by atoms with E-state index in [9.17, 15) is 4.79 Å². The molecule has 20 heavy (non-hydrogen) atoms. The lowest BCUT2D eigenvalue weighted by atomic mass is 9.75. The Morgan fingerprint density at radius 1 is 1.20 bits per heavy atom. The molecule has 0 aromatic heterocycles. The molecule has 106 valence electrons. The minimum Gasteiger partial charge on any atom is -0.460 e. The third-order valence-electron chi connectivity index (χ3n) is 4.91. The highest BCUT2D eigenvalue weighted by molar-refractivity contribution is 5.86. The average Bonchev–Trinajstić information content (AvgIpc) is 3.33. The molecule has 0 amide bonds. The van der Waals surface area contributed by atoms with Crippen molar-refractivity contribution < 1.29 is 14.3 Å². The minimum absolute atomic E-state index is 0.125. The van der Waals surface area contributed by atoms with E-state index in [0.29, 0.717) is 0 Å². The number of benzene rings is 1. The molecule has 2 saturated carbocycles. The molecular formula is C17H20O3. The second kappa shape index (κ2) is 4.08. The Kier molecular flexibility index (Phi) is 2.53. The van der Waals surface area contributed by atoms with Gasteiger partial charge in [-0.2, -0.15) is 0 Å². The van der Waals surface area contributed by atoms with Gasteiger partial charge in [0, 0.05) is 0 Å². The van der Waals surface area contributed by atoms with Crippen LogP contribution in [0.5, 0.6) is 0 Å². The summed E-state index contributed by atoms with van der Waals surface area (Å²) in [5.41, 5.74) is 1.26. The maximum absolute atomic E-state index is 12.5. The number of fused-ring (bicyclic) bond motifs is 1. The number of carbonyl (C=O) groups is 1. The fraction of sp³-hybridized carbons (Fsp3) is 0.588. The van der Waals surface area contributed by atoms with Gasteiger partial charge in [-0.05, 0) is 51.0 Å². The zero-order valence-corrected chi connectivity index (χ0v) is 11.9. The summed E-state index contributed by atoms with van der Waals surface area (Å²) in [5.74, 6) is -0.125. The first-order chi connectivity index (χ1) is 9.66. The summed E-state index contributed by atoms with van der Waals surface area (Å²) in [6, 6.07) is 8.40. The van der Waals surface area contributed by atoms with E-state index in [1.807, 2.05) is 0 Å². The van der Waals surface area contributed by atoms with Gasteiger partial charge in [-0.15, -0.1) is 0 Å². The van der Waals surface area contributed by atoms with Crippen molar-refractivity contribution in [2.24, 2.45) is 0 Å². The van der Waals surface area contributed by atoms with Crippen LogP contribution in [0.3, 0.4) is 0 Å². The van der Waals surface area contributed by atoms with Gasteiger partial charge in [0.05, 0.1) is 0 Å². The summed E-state index contributed by atoms with van der Waals surface area (Å²) in [5, 5.41) is 0. The molecule has 2 unspecified atom stereocenters. The van der Waals surface area contributed by atoms with Crippen LogP contribution in [0.15, 0.2) is 24.3 Å². The molecule has 1 aromatic rings. The van der Waals surface area contributed by atoms with Crippen molar-refractivity contribution in [3.05, 3.63) is 35.4 Å². The van der Waals surface area contributed by atoms with E-state index in [4.69, 9.17) is 9.47 Å². The van der Waals surface area contributed by atoms with Crippen molar-refractivity contribution in [3.8, 4) is 0 Å². The lowest BCUT2D eigenvalue weighted by Gasteiger charge is -2.24. The normalized spacial score (nSPS) is 35.2. The first kappa shape index (κ1) is 12.4. The molecule has 1 aromatic carbocycles. The Hall–Kier alpha value is -1.35. The first-order valence-electron chi connectivity index (χ1n) is 7.65. The van der Waals surface area contributed by atoms with Crippen molar-refractivity contribution in [3.63, 3.8) is 0 Å². The van der Waals surface area contributed by atoms with Gasteiger partial charge in [0.25, 0.3) is 0 Å². The molecule has 1 aliphatic heterocycles. The molecule has 0 radical (unpaired) electrons. The number of hydrogen-bond donors (Lipinski definition) is 0. The van der Waals surface area contributed by atoms with Crippen LogP contribution in [-0.2, 0) is 19.9 Å². The van der Waals surface area contributed by atoms with E-state index in [0.717, 1.165) is 44.1 Å². The van der Waals surface area contributed by atoms with Gasteiger partial charge in [0.15, 0.2) is 5.60 Å². The molecule has 0 bridgehead atoms. The highest BCUT2D eigenvalue weighted by Gasteiger charge is 2.76. The summed E-state index contributed by atoms with van der Waals surface area (Å²) >= 11 is 0. The molecule has 3 aliphatic rings. The largest absolute Gasteiger partial charge is 0.460 e. The predicted molar refractivity (Wildman–Crippen MR) is 74.3 cm³/mol. The SMILES string of the molecule is Cc1ccc(C23CCCCC2(C(=O)OC2CC2)O3)cc1. The van der Waals surface area contributed by atoms with Crippen LogP contribution < -0.4 is 0 Å². The summed E-state index contributed by atoms with van der Waals surface area (Å²) in [6.07, 6.45) is 6.07. The van der Waals surface area contributed by atoms with E-state index in [1.54, 1.807) is 0 Å². The van der Waals surface area contributed by atoms with Crippen molar-refractivity contribution >= 4 is 5.97 Å². The number of hydrogen-bond acceptors (Lipinski definition) is 3. The zero-order valence-electron chi connectivity index (χ0n) is 11.9. The first-order valence-corrected chi connectivity index (χ1v) is 7.65. The van der Waals surface area contributed by atoms with Gasteiger partial charge < -0.3 is 9.47 Å². The van der Waals surface area contributed by atoms with Crippen LogP contribution in [0.4, 0.5) is 0 Å². The third kappa shape index (κ3) is 1.65. The van der Waals surface area contributed by atoms with Crippen LogP contribution >= 0.6 is 0 Å². The monoisotopic (exact) mass is 272 g/mol. The third-order valence-corrected chi connectivity index (χ3v) is 4.91. The Morgan fingerprint density at radius 2 is 1.90 bits per heavy atom. The maximum Gasteiger partial charge on any atom is 0.342 e. The molecule has 4 rings (SSSR count). The standard InChI is InChI=1S/C17H20O3/c1-12-4-6-13(7-5-12)16-10-2-3-11-17(16,20-16)15(18)19-14-8-9-14/h4-7,14H,2-3,8-11H2,1H3. The van der Waals surface area contributed by atoms with Crippen LogP contribution in [0.25, 0.3) is 0 Å². The van der Waals surface area contributed by atoms with E-state index in [-0.39, 0.29) is 12.1 Å². The summed E-state index contributed by atoms with van der Waals surface area (Å²) in [6.45, 7) is 2.07. The fourth-order valence-corrected chi connectivity index (χ4v) is 3.53. The summed E-state index contributed by atoms with van der Waals surface area (Å²) in [7, 11) is 0. The zero-order chi connectivity index (χ0) is 13.8. The molecule has 2 aliphatic carbocycles. The molecule has 3 fully saturated rings. The van der Waals surface area contributed by atoms with Crippen LogP contribution in [-0.4, -0.2) is 17.7 Å². The topological polar surface area (TPSA) is 38.8 Å². The number of ether oxygens (including phenoxy) is 2. The van der Waals surface area contributed by atoms with Crippen molar-refractivity contribution in [1.82, 2.24) is 0 Å². The molecule has 3 heteroatoms. The second-order valence-electron chi connectivity index (χ2n) is 6.43. The summed E-state index contributed by atoms with van der Waals surface area (Å²) in [4.78, 5) is 12.5. The van der Waals surface area contributed by atoms with E-state index in [2.05, 4.69) is 31.2 Å². The van der Waals surface area contributed by atoms with E-state index in [1.165, 1.54) is 5.56 Å². The van der Waals surface area contributed by atoms with Crippen LogP contribution in [0.1, 0.15) is 49.7 Å². The van der Waals surface area contributed by atoms with Crippen molar-refractivity contribution in [2.45, 2.75) is 62.8 Å². The number of rotatable bonds is 3. The predicted octanol–water partition coefficient (Wildman–Crippen LogP) is 3.24. The molecule has 0 N–H and O–H groups in total. The fourth-order valence-electron chi connectivity index (χ4n) is 3.53. The Labute approximate surface area is 119 Å². The van der Waals surface area contributed by atoms with Gasteiger partial charge in [0.1, 0.15) is 11.7 Å². The van der Waals surface area contributed by atoms with Crippen LogP contribution in [0.2, 0.25) is 0 Å². The molecule has 1 heterocycles. The lowest BCUT2D eigenvalue weighted by molar-refractivity contribution is -0.152. The van der Waals surface area contributed by atoms with E-state index >= 15 is 0 Å². The van der Waals surface area contributed by atoms with Gasteiger partial charge >= 0.3 is 5.97 Å². The van der Waals surface area contributed by atoms with Crippen molar-refractivity contribution in [2.75, 3.05) is 0 Å². The molecule has 3 nitrogen and oxygen atoms in total. The average molecular weight is 272 g/mol. The van der Waals surface area contributed by atoms with Gasteiger partial charge in [-0.1, -0.05) is 29.8 Å². The van der Waals surface area contributed by atoms with Crippen LogP contribution in [0, 0.1) is 6.92 Å². The Bertz CT molecular complexity index is 546. The number of aryl methyl sites for hydroxylation is 1. The maximum atomic E-state index is 12.5. The van der Waals surface area contributed by atoms with Gasteiger partial charge in [-0.3, -0.25) is 0 Å². The molecular weight excluding hydrogens is 252 g/mol. The number of carbonyl (C=O) groups excluding carboxylic acids is 1. The highest BCUT2D eigenvalue weighted by Crippen LogP contribution is 2.64. The molecule has 2 atom stereocenters. The lowest BCUT2D eigenvalue weighted by Crippen LogP contribution is -2.37. The molecule has 0 spiro atoms. The van der Waals surface area contributed by atoms with Crippen molar-refractivity contribution in [1.29, 1.82) is 0 Å². The van der Waals surface area contributed by atoms with Gasteiger partial charge in [0.2, 0.25) is 0 Å². The second-order valence-corrected chi connectivity index (χ2v) is 6.43. The summed E-state index contributed by atoms with van der Waals surface area (Å²) < 4.78 is 11.6. The Balaban J connectivity index is 1.65. The number of esters is 1. The molecule has 1 saturated heterocycles. The number of epoxide rings is 1. The highest BCUT2D eigenvalue weighted by atomic mass is 16.7.